The second-order valence-electron chi connectivity index (χ2n) is 7.09. The molecule has 1 fully saturated rings. The first-order chi connectivity index (χ1) is 10.8. The average Bonchev–Trinajstić information content (AvgIpc) is 3.10. The smallest absolute Gasteiger partial charge is 0.312 e. The third kappa shape index (κ3) is 2.33. The number of fused-ring (bicyclic) bond motifs is 1. The zero-order chi connectivity index (χ0) is 16.8. The summed E-state index contributed by atoms with van der Waals surface area (Å²) in [6.45, 7) is 6.35. The van der Waals surface area contributed by atoms with E-state index in [1.807, 2.05) is 10.6 Å². The largest absolute Gasteiger partial charge is 0.469 e. The molecule has 2 heterocycles. The number of imidazole rings is 1. The minimum atomic E-state index is -0.452. The molecule has 0 radical (unpaired) electrons. The van der Waals surface area contributed by atoms with Crippen LogP contribution < -0.4 is 0 Å². The highest BCUT2D eigenvalue weighted by molar-refractivity contribution is 6.32. The number of halogens is 1. The highest BCUT2D eigenvalue weighted by atomic mass is 35.5. The van der Waals surface area contributed by atoms with Gasteiger partial charge in [0.25, 0.3) is 0 Å². The van der Waals surface area contributed by atoms with Gasteiger partial charge < -0.3 is 4.74 Å². The highest BCUT2D eigenvalue weighted by Crippen LogP contribution is 2.54. The zero-order valence-electron chi connectivity index (χ0n) is 14.0. The van der Waals surface area contributed by atoms with Crippen LogP contribution in [0.25, 0.3) is 5.52 Å². The topological polar surface area (TPSA) is 56.5 Å². The molecule has 0 aromatic carbocycles. The standard InChI is InChI=1S/C17H22ClN3O2/c1-11(2)17(15(22)23-4)6-5-16(3,10-17)14-20-9-12-13(18)19-7-8-21(12)14/h7-9,11H,5-6,10H2,1-4H3. The Bertz CT molecular complexity index is 757. The molecule has 1 aliphatic rings. The molecule has 3 rings (SSSR count). The Morgan fingerprint density at radius 1 is 1.39 bits per heavy atom. The molecule has 2 aromatic heterocycles. The molecular formula is C17H22ClN3O2. The van der Waals surface area contributed by atoms with Gasteiger partial charge in [-0.2, -0.15) is 0 Å². The fourth-order valence-corrected chi connectivity index (χ4v) is 4.21. The number of esters is 1. The van der Waals surface area contributed by atoms with Crippen molar-refractivity contribution in [2.45, 2.75) is 45.4 Å². The second kappa shape index (κ2) is 5.48. The molecule has 0 saturated heterocycles. The molecule has 0 aliphatic heterocycles. The van der Waals surface area contributed by atoms with Gasteiger partial charge in [0, 0.05) is 17.8 Å². The Balaban J connectivity index is 2.06. The van der Waals surface area contributed by atoms with Gasteiger partial charge in [-0.05, 0) is 25.2 Å². The third-order valence-corrected chi connectivity index (χ3v) is 5.77. The lowest BCUT2D eigenvalue weighted by Gasteiger charge is -2.32. The predicted octanol–water partition coefficient (Wildman–Crippen LogP) is 3.64. The molecule has 0 N–H and O–H groups in total. The third-order valence-electron chi connectivity index (χ3n) is 5.48. The molecule has 0 spiro atoms. The normalized spacial score (nSPS) is 27.7. The van der Waals surface area contributed by atoms with Gasteiger partial charge in [0.1, 0.15) is 11.3 Å². The molecule has 124 valence electrons. The molecule has 1 aliphatic carbocycles. The lowest BCUT2D eigenvalue weighted by molar-refractivity contribution is -0.155. The quantitative estimate of drug-likeness (QED) is 0.803. The van der Waals surface area contributed by atoms with Gasteiger partial charge in [-0.15, -0.1) is 0 Å². The van der Waals surface area contributed by atoms with Gasteiger partial charge in [0.05, 0.1) is 18.7 Å². The van der Waals surface area contributed by atoms with Crippen LogP contribution in [0.1, 0.15) is 45.9 Å². The maximum Gasteiger partial charge on any atom is 0.312 e. The summed E-state index contributed by atoms with van der Waals surface area (Å²) in [6.07, 6.45) is 7.73. The van der Waals surface area contributed by atoms with Crippen LogP contribution in [-0.2, 0) is 14.9 Å². The number of carbonyl (C=O) groups excluding carboxylic acids is 1. The van der Waals surface area contributed by atoms with E-state index in [0.717, 1.165) is 30.6 Å². The van der Waals surface area contributed by atoms with Crippen LogP contribution in [-0.4, -0.2) is 27.4 Å². The van der Waals surface area contributed by atoms with Crippen LogP contribution >= 0.6 is 11.6 Å². The Morgan fingerprint density at radius 3 is 2.78 bits per heavy atom. The van der Waals surface area contributed by atoms with Crippen molar-refractivity contribution in [1.29, 1.82) is 0 Å². The summed E-state index contributed by atoms with van der Waals surface area (Å²) in [5.74, 6) is 1.04. The SMILES string of the molecule is COC(=O)C1(C(C)C)CCC(C)(c2ncc3c(Cl)nccn23)C1. The number of nitrogens with zero attached hydrogens (tertiary/aromatic N) is 3. The van der Waals surface area contributed by atoms with Gasteiger partial charge >= 0.3 is 5.97 Å². The fourth-order valence-electron chi connectivity index (χ4n) is 4.01. The number of aromatic nitrogens is 3. The summed E-state index contributed by atoms with van der Waals surface area (Å²) in [5, 5.41) is 0.441. The first-order valence-corrected chi connectivity index (χ1v) is 8.28. The molecule has 5 nitrogen and oxygen atoms in total. The van der Waals surface area contributed by atoms with E-state index in [2.05, 4.69) is 30.7 Å². The Labute approximate surface area is 141 Å². The van der Waals surface area contributed by atoms with Crippen LogP contribution in [0.3, 0.4) is 0 Å². The van der Waals surface area contributed by atoms with E-state index in [4.69, 9.17) is 16.3 Å². The number of methoxy groups -OCH3 is 1. The predicted molar refractivity (Wildman–Crippen MR) is 88.5 cm³/mol. The van der Waals surface area contributed by atoms with Crippen LogP contribution in [0.2, 0.25) is 5.15 Å². The lowest BCUT2D eigenvalue weighted by atomic mass is 9.72. The maximum absolute atomic E-state index is 12.5. The summed E-state index contributed by atoms with van der Waals surface area (Å²) >= 11 is 6.16. The highest BCUT2D eigenvalue weighted by Gasteiger charge is 2.54. The fraction of sp³-hybridized carbons (Fsp3) is 0.588. The molecule has 2 atom stereocenters. The molecule has 6 heteroatoms. The van der Waals surface area contributed by atoms with Crippen LogP contribution in [0.5, 0.6) is 0 Å². The van der Waals surface area contributed by atoms with Gasteiger partial charge in [0.15, 0.2) is 5.15 Å². The number of hydrogen-bond acceptors (Lipinski definition) is 4. The summed E-state index contributed by atoms with van der Waals surface area (Å²) < 4.78 is 7.11. The summed E-state index contributed by atoms with van der Waals surface area (Å²) in [4.78, 5) is 21.2. The molecule has 0 bridgehead atoms. The number of ether oxygens (including phenoxy) is 1. The first kappa shape index (κ1) is 16.2. The van der Waals surface area contributed by atoms with Crippen molar-refractivity contribution < 1.29 is 9.53 Å². The van der Waals surface area contributed by atoms with E-state index in [9.17, 15) is 4.79 Å². The molecular weight excluding hydrogens is 314 g/mol. The van der Waals surface area contributed by atoms with Crippen molar-refractivity contribution in [2.75, 3.05) is 7.11 Å². The van der Waals surface area contributed by atoms with Crippen molar-refractivity contribution in [3.63, 3.8) is 0 Å². The first-order valence-electron chi connectivity index (χ1n) is 7.90. The Morgan fingerprint density at radius 2 is 2.13 bits per heavy atom. The van der Waals surface area contributed by atoms with Crippen molar-refractivity contribution in [3.8, 4) is 0 Å². The summed E-state index contributed by atoms with van der Waals surface area (Å²) in [5.41, 5.74) is 0.146. The van der Waals surface area contributed by atoms with Gasteiger partial charge in [0.2, 0.25) is 0 Å². The molecule has 0 amide bonds. The number of hydrogen-bond donors (Lipinski definition) is 0. The van der Waals surface area contributed by atoms with Crippen LogP contribution in [0.15, 0.2) is 18.6 Å². The molecule has 2 unspecified atom stereocenters. The van der Waals surface area contributed by atoms with Crippen molar-refractivity contribution in [2.24, 2.45) is 11.3 Å². The van der Waals surface area contributed by atoms with Crippen molar-refractivity contribution in [1.82, 2.24) is 14.4 Å². The Hall–Kier alpha value is -1.62. The van der Waals surface area contributed by atoms with E-state index < -0.39 is 5.41 Å². The second-order valence-corrected chi connectivity index (χ2v) is 7.45. The van der Waals surface area contributed by atoms with Gasteiger partial charge in [-0.1, -0.05) is 32.4 Å². The van der Waals surface area contributed by atoms with E-state index >= 15 is 0 Å². The van der Waals surface area contributed by atoms with Gasteiger partial charge in [-0.3, -0.25) is 9.20 Å². The van der Waals surface area contributed by atoms with E-state index in [1.165, 1.54) is 7.11 Å². The van der Waals surface area contributed by atoms with Crippen molar-refractivity contribution in [3.05, 3.63) is 29.6 Å². The molecule has 1 saturated carbocycles. The Kier molecular flexibility index (Phi) is 3.87. The van der Waals surface area contributed by atoms with Gasteiger partial charge in [-0.25, -0.2) is 9.97 Å². The monoisotopic (exact) mass is 335 g/mol. The van der Waals surface area contributed by atoms with E-state index in [-0.39, 0.29) is 17.3 Å². The minimum Gasteiger partial charge on any atom is -0.469 e. The summed E-state index contributed by atoms with van der Waals surface area (Å²) in [6, 6.07) is 0. The zero-order valence-corrected chi connectivity index (χ0v) is 14.7. The summed E-state index contributed by atoms with van der Waals surface area (Å²) in [7, 11) is 1.47. The average molecular weight is 336 g/mol. The number of rotatable bonds is 3. The van der Waals surface area contributed by atoms with Crippen LogP contribution in [0.4, 0.5) is 0 Å². The van der Waals surface area contributed by atoms with Crippen molar-refractivity contribution >= 4 is 23.1 Å². The lowest BCUT2D eigenvalue weighted by Crippen LogP contribution is -2.37. The van der Waals surface area contributed by atoms with E-state index in [1.54, 1.807) is 12.4 Å². The number of carbonyl (C=O) groups is 1. The molecule has 23 heavy (non-hydrogen) atoms. The maximum atomic E-state index is 12.5. The van der Waals surface area contributed by atoms with E-state index in [0.29, 0.717) is 5.15 Å². The van der Waals surface area contributed by atoms with Crippen LogP contribution in [0, 0.1) is 11.3 Å². The minimum absolute atomic E-state index is 0.114. The molecule has 2 aromatic rings.